The maximum atomic E-state index is 12.5. The van der Waals surface area contributed by atoms with Crippen molar-refractivity contribution in [3.63, 3.8) is 0 Å². The summed E-state index contributed by atoms with van der Waals surface area (Å²) >= 11 is 0. The number of nitrogens with zero attached hydrogens (tertiary/aromatic N) is 3. The van der Waals surface area contributed by atoms with E-state index in [2.05, 4.69) is 0 Å². The van der Waals surface area contributed by atoms with Crippen molar-refractivity contribution in [3.8, 4) is 11.4 Å². The van der Waals surface area contributed by atoms with Crippen LogP contribution >= 0.6 is 0 Å². The molecule has 1 saturated heterocycles. The van der Waals surface area contributed by atoms with Crippen molar-refractivity contribution >= 4 is 5.91 Å². The van der Waals surface area contributed by atoms with Crippen LogP contribution in [0.1, 0.15) is 29.8 Å². The Balaban J connectivity index is 1.69. The van der Waals surface area contributed by atoms with Crippen LogP contribution in [0, 0.1) is 6.92 Å². The van der Waals surface area contributed by atoms with E-state index in [1.165, 1.54) is 0 Å². The van der Waals surface area contributed by atoms with Gasteiger partial charge in [0.25, 0.3) is 0 Å². The van der Waals surface area contributed by atoms with E-state index < -0.39 is 0 Å². The summed E-state index contributed by atoms with van der Waals surface area (Å²) in [7, 11) is 1.62. The molecule has 0 N–H and O–H groups in total. The van der Waals surface area contributed by atoms with Gasteiger partial charge in [0.2, 0.25) is 5.91 Å². The van der Waals surface area contributed by atoms with Crippen molar-refractivity contribution in [2.45, 2.75) is 31.8 Å². The van der Waals surface area contributed by atoms with Crippen molar-refractivity contribution in [1.29, 1.82) is 0 Å². The van der Waals surface area contributed by atoms with Gasteiger partial charge in [-0.1, -0.05) is 30.3 Å². The molecule has 0 saturated carbocycles. The minimum atomic E-state index is -0.243. The van der Waals surface area contributed by atoms with E-state index in [9.17, 15) is 4.79 Å². The van der Waals surface area contributed by atoms with Crippen LogP contribution in [-0.4, -0.2) is 54.2 Å². The Labute approximate surface area is 159 Å². The Bertz CT molecular complexity index is 840. The summed E-state index contributed by atoms with van der Waals surface area (Å²) in [5.74, 6) is 0.882. The number of rotatable bonds is 4. The van der Waals surface area contributed by atoms with Crippen LogP contribution in [0.5, 0.6) is 0 Å². The first-order valence-corrected chi connectivity index (χ1v) is 9.41. The molecule has 1 spiro atoms. The molecule has 0 aliphatic carbocycles. The third-order valence-corrected chi connectivity index (χ3v) is 5.60. The van der Waals surface area contributed by atoms with Crippen LogP contribution in [0.3, 0.4) is 0 Å². The summed E-state index contributed by atoms with van der Waals surface area (Å²) in [4.78, 5) is 24.1. The number of hydrogen-bond donors (Lipinski definition) is 0. The highest BCUT2D eigenvalue weighted by atomic mass is 16.5. The molecule has 0 bridgehead atoms. The molecule has 1 aromatic heterocycles. The number of aryl methyl sites for hydroxylation is 1. The summed E-state index contributed by atoms with van der Waals surface area (Å²) in [5.41, 5.74) is 3.86. The maximum Gasteiger partial charge on any atom is 0.224 e. The normalized spacial score (nSPS) is 21.5. The molecule has 2 aromatic rings. The molecule has 2 aliphatic heterocycles. The van der Waals surface area contributed by atoms with Gasteiger partial charge in [0.05, 0.1) is 37.4 Å². The summed E-state index contributed by atoms with van der Waals surface area (Å²) < 4.78 is 11.0. The zero-order chi connectivity index (χ0) is 18.9. The molecule has 4 rings (SSSR count). The van der Waals surface area contributed by atoms with Crippen LogP contribution in [-0.2, 0) is 26.3 Å². The molecule has 3 heterocycles. The van der Waals surface area contributed by atoms with Gasteiger partial charge in [0.15, 0.2) is 5.82 Å². The fraction of sp³-hybridized carbons (Fsp3) is 0.476. The number of hydrogen-bond acceptors (Lipinski definition) is 5. The second-order valence-corrected chi connectivity index (χ2v) is 7.41. The molecule has 6 nitrogen and oxygen atoms in total. The monoisotopic (exact) mass is 367 g/mol. The van der Waals surface area contributed by atoms with Gasteiger partial charge in [-0.15, -0.1) is 0 Å². The van der Waals surface area contributed by atoms with Gasteiger partial charge in [0, 0.05) is 37.0 Å². The lowest BCUT2D eigenvalue weighted by molar-refractivity contribution is -0.131. The van der Waals surface area contributed by atoms with E-state index in [0.717, 1.165) is 41.3 Å². The Morgan fingerprint density at radius 3 is 2.89 bits per heavy atom. The predicted molar refractivity (Wildman–Crippen MR) is 101 cm³/mol. The van der Waals surface area contributed by atoms with Gasteiger partial charge in [-0.25, -0.2) is 9.97 Å². The fourth-order valence-electron chi connectivity index (χ4n) is 4.08. The van der Waals surface area contributed by atoms with Gasteiger partial charge >= 0.3 is 0 Å². The van der Waals surface area contributed by atoms with Gasteiger partial charge in [-0.3, -0.25) is 4.79 Å². The predicted octanol–water partition coefficient (Wildman–Crippen LogP) is 2.49. The molecule has 1 amide bonds. The first kappa shape index (κ1) is 18.1. The summed E-state index contributed by atoms with van der Waals surface area (Å²) in [5, 5.41) is 0. The number of carbonyl (C=O) groups is 1. The van der Waals surface area contributed by atoms with Gasteiger partial charge in [-0.2, -0.15) is 0 Å². The zero-order valence-electron chi connectivity index (χ0n) is 15.9. The number of benzene rings is 1. The lowest BCUT2D eigenvalue weighted by atomic mass is 9.80. The highest BCUT2D eigenvalue weighted by molar-refractivity contribution is 5.77. The van der Waals surface area contributed by atoms with Crippen LogP contribution in [0.15, 0.2) is 30.3 Å². The van der Waals surface area contributed by atoms with Gasteiger partial charge in [-0.05, 0) is 13.3 Å². The third-order valence-electron chi connectivity index (χ3n) is 5.60. The van der Waals surface area contributed by atoms with Crippen LogP contribution in [0.2, 0.25) is 0 Å². The molecule has 1 atom stereocenters. The lowest BCUT2D eigenvalue weighted by Gasteiger charge is -2.35. The average molecular weight is 367 g/mol. The first-order chi connectivity index (χ1) is 13.1. The van der Waals surface area contributed by atoms with Crippen LogP contribution in [0.25, 0.3) is 11.4 Å². The highest BCUT2D eigenvalue weighted by Gasteiger charge is 2.46. The van der Waals surface area contributed by atoms with Crippen molar-refractivity contribution in [2.24, 2.45) is 0 Å². The van der Waals surface area contributed by atoms with E-state index in [-0.39, 0.29) is 11.3 Å². The number of aromatic nitrogens is 2. The largest absolute Gasteiger partial charge is 0.384 e. The first-order valence-electron chi connectivity index (χ1n) is 9.41. The molecule has 1 aromatic carbocycles. The maximum absolute atomic E-state index is 12.5. The van der Waals surface area contributed by atoms with Crippen molar-refractivity contribution in [2.75, 3.05) is 33.4 Å². The van der Waals surface area contributed by atoms with Gasteiger partial charge in [0.1, 0.15) is 0 Å². The Kier molecular flexibility index (Phi) is 4.93. The Hall–Kier alpha value is -2.31. The van der Waals surface area contributed by atoms with Crippen LogP contribution < -0.4 is 0 Å². The molecule has 6 heteroatoms. The molecule has 27 heavy (non-hydrogen) atoms. The van der Waals surface area contributed by atoms with E-state index in [0.29, 0.717) is 32.8 Å². The zero-order valence-corrected chi connectivity index (χ0v) is 15.9. The number of fused-ring (bicyclic) bond motifs is 2. The topological polar surface area (TPSA) is 64.5 Å². The second-order valence-electron chi connectivity index (χ2n) is 7.41. The lowest BCUT2D eigenvalue weighted by Crippen LogP contribution is -2.42. The summed E-state index contributed by atoms with van der Waals surface area (Å²) in [6, 6.07) is 10.0. The quantitative estimate of drug-likeness (QED) is 0.831. The van der Waals surface area contributed by atoms with Crippen LogP contribution in [0.4, 0.5) is 0 Å². The molecular weight excluding hydrogens is 342 g/mol. The van der Waals surface area contributed by atoms with E-state index >= 15 is 0 Å². The minimum Gasteiger partial charge on any atom is -0.384 e. The standard InChI is InChI=1S/C21H25N3O3/c1-15-17-12-27-14-21(9-10-24(13-21)18(25)8-11-26-2)19(17)23-20(22-15)16-6-4-3-5-7-16/h3-7H,8-14H2,1-2H3/t21-/m1/s1. The Morgan fingerprint density at radius 1 is 1.30 bits per heavy atom. The number of methoxy groups -OCH3 is 1. The van der Waals surface area contributed by atoms with Crippen molar-refractivity contribution in [3.05, 3.63) is 47.3 Å². The fourth-order valence-corrected chi connectivity index (χ4v) is 4.08. The average Bonchev–Trinajstić information content (AvgIpc) is 3.12. The second kappa shape index (κ2) is 7.37. The van der Waals surface area contributed by atoms with Crippen molar-refractivity contribution in [1.82, 2.24) is 14.9 Å². The van der Waals surface area contributed by atoms with E-state index in [1.54, 1.807) is 7.11 Å². The third kappa shape index (κ3) is 3.35. The van der Waals surface area contributed by atoms with E-state index in [4.69, 9.17) is 19.4 Å². The highest BCUT2D eigenvalue weighted by Crippen LogP contribution is 2.40. The summed E-state index contributed by atoms with van der Waals surface area (Å²) in [6.45, 7) is 4.98. The molecular formula is C21H25N3O3. The molecule has 0 unspecified atom stereocenters. The smallest absolute Gasteiger partial charge is 0.224 e. The molecule has 2 aliphatic rings. The molecule has 0 radical (unpaired) electrons. The van der Waals surface area contributed by atoms with Crippen molar-refractivity contribution < 1.29 is 14.3 Å². The number of amides is 1. The number of carbonyl (C=O) groups excluding carboxylic acids is 1. The van der Waals surface area contributed by atoms with Gasteiger partial charge < -0.3 is 14.4 Å². The summed E-state index contributed by atoms with van der Waals surface area (Å²) in [6.07, 6.45) is 1.28. The molecule has 142 valence electrons. The Morgan fingerprint density at radius 2 is 2.11 bits per heavy atom. The number of ether oxygens (including phenoxy) is 2. The number of likely N-dealkylation sites (tertiary alicyclic amines) is 1. The SMILES string of the molecule is COCCC(=O)N1CC[C@]2(COCc3c(C)nc(-c4ccccc4)nc32)C1. The minimum absolute atomic E-state index is 0.134. The molecule has 1 fully saturated rings. The van der Waals surface area contributed by atoms with E-state index in [1.807, 2.05) is 42.2 Å².